The van der Waals surface area contributed by atoms with Crippen molar-refractivity contribution < 1.29 is 23.9 Å². The van der Waals surface area contributed by atoms with Crippen LogP contribution in [0.25, 0.3) is 0 Å². The number of rotatable bonds is 9. The second kappa shape index (κ2) is 11.3. The fourth-order valence-electron chi connectivity index (χ4n) is 2.20. The third kappa shape index (κ3) is 8.05. The molecule has 0 saturated carbocycles. The maximum Gasteiger partial charge on any atom is 0.306 e. The smallest absolute Gasteiger partial charge is 0.306 e. The predicted molar refractivity (Wildman–Crippen MR) is 112 cm³/mol. The standard InChI is InChI=1S/C20H18BrClN2O5/c21-15-3-1-2-4-16(15)24-18(26)11-23-19(27)12-29-20(28)10-9-17(25)13-5-7-14(22)8-6-13/h1-8H,9-12H2,(H,23,27)(H,24,26). The molecule has 9 heteroatoms. The minimum Gasteiger partial charge on any atom is -0.456 e. The van der Waals surface area contributed by atoms with Crippen molar-refractivity contribution in [2.45, 2.75) is 12.8 Å². The van der Waals surface area contributed by atoms with E-state index < -0.39 is 24.4 Å². The van der Waals surface area contributed by atoms with Crippen LogP contribution in [0.4, 0.5) is 5.69 Å². The molecule has 0 heterocycles. The Kier molecular flexibility index (Phi) is 8.82. The van der Waals surface area contributed by atoms with Gasteiger partial charge in [0, 0.05) is 21.5 Å². The Morgan fingerprint density at radius 3 is 2.31 bits per heavy atom. The molecule has 0 spiro atoms. The lowest BCUT2D eigenvalue weighted by Crippen LogP contribution is -2.35. The lowest BCUT2D eigenvalue weighted by atomic mass is 10.1. The van der Waals surface area contributed by atoms with Gasteiger partial charge in [0.2, 0.25) is 5.91 Å². The first-order chi connectivity index (χ1) is 13.8. The molecule has 0 atom stereocenters. The van der Waals surface area contributed by atoms with E-state index in [0.717, 1.165) is 0 Å². The summed E-state index contributed by atoms with van der Waals surface area (Å²) in [5.41, 5.74) is 1.01. The van der Waals surface area contributed by atoms with Crippen molar-refractivity contribution in [2.75, 3.05) is 18.5 Å². The number of anilines is 1. The van der Waals surface area contributed by atoms with E-state index in [1.165, 1.54) is 0 Å². The van der Waals surface area contributed by atoms with Crippen LogP contribution in [0, 0.1) is 0 Å². The van der Waals surface area contributed by atoms with Gasteiger partial charge in [-0.2, -0.15) is 0 Å². The summed E-state index contributed by atoms with van der Waals surface area (Å²) in [4.78, 5) is 47.2. The van der Waals surface area contributed by atoms with E-state index in [1.807, 2.05) is 0 Å². The number of halogens is 2. The number of para-hydroxylation sites is 1. The molecule has 7 nitrogen and oxygen atoms in total. The first-order valence-corrected chi connectivity index (χ1v) is 9.77. The van der Waals surface area contributed by atoms with Crippen molar-refractivity contribution in [3.8, 4) is 0 Å². The molecular weight excluding hydrogens is 464 g/mol. The van der Waals surface area contributed by atoms with E-state index in [2.05, 4.69) is 26.6 Å². The minimum atomic E-state index is -0.680. The van der Waals surface area contributed by atoms with Gasteiger partial charge in [-0.1, -0.05) is 23.7 Å². The second-order valence-corrected chi connectivity index (χ2v) is 7.19. The van der Waals surface area contributed by atoms with Crippen LogP contribution in [0.3, 0.4) is 0 Å². The highest BCUT2D eigenvalue weighted by atomic mass is 79.9. The summed E-state index contributed by atoms with van der Waals surface area (Å²) in [7, 11) is 0. The van der Waals surface area contributed by atoms with Crippen LogP contribution in [0.5, 0.6) is 0 Å². The molecule has 152 valence electrons. The monoisotopic (exact) mass is 480 g/mol. The summed E-state index contributed by atoms with van der Waals surface area (Å²) in [6.07, 6.45) is -0.201. The number of ketones is 1. The highest BCUT2D eigenvalue weighted by Crippen LogP contribution is 2.20. The molecule has 0 radical (unpaired) electrons. The number of carbonyl (C=O) groups excluding carboxylic acids is 4. The lowest BCUT2D eigenvalue weighted by molar-refractivity contribution is -0.148. The summed E-state index contributed by atoms with van der Waals surface area (Å²) in [5.74, 6) is -1.96. The molecule has 2 amide bonds. The molecule has 2 aromatic carbocycles. The fourth-order valence-corrected chi connectivity index (χ4v) is 2.71. The van der Waals surface area contributed by atoms with Gasteiger partial charge >= 0.3 is 5.97 Å². The molecule has 0 aliphatic carbocycles. The highest BCUT2D eigenvalue weighted by Gasteiger charge is 2.13. The van der Waals surface area contributed by atoms with Crippen LogP contribution < -0.4 is 10.6 Å². The van der Waals surface area contributed by atoms with E-state index in [9.17, 15) is 19.2 Å². The van der Waals surface area contributed by atoms with E-state index in [4.69, 9.17) is 16.3 Å². The van der Waals surface area contributed by atoms with Crippen molar-refractivity contribution in [1.82, 2.24) is 5.32 Å². The van der Waals surface area contributed by atoms with Gasteiger partial charge in [0.05, 0.1) is 18.7 Å². The maximum absolute atomic E-state index is 12.0. The van der Waals surface area contributed by atoms with Gasteiger partial charge in [0.1, 0.15) is 0 Å². The first kappa shape index (κ1) is 22.6. The third-order valence-electron chi connectivity index (χ3n) is 3.68. The van der Waals surface area contributed by atoms with Crippen LogP contribution in [0.15, 0.2) is 53.0 Å². The topological polar surface area (TPSA) is 102 Å². The molecule has 0 aromatic heterocycles. The molecule has 0 bridgehead atoms. The van der Waals surface area contributed by atoms with Gasteiger partial charge < -0.3 is 15.4 Å². The summed E-state index contributed by atoms with van der Waals surface area (Å²) in [6, 6.07) is 13.4. The quantitative estimate of drug-likeness (QED) is 0.422. The molecule has 0 aliphatic rings. The maximum atomic E-state index is 12.0. The number of hydrogen-bond donors (Lipinski definition) is 2. The zero-order valence-electron chi connectivity index (χ0n) is 15.2. The van der Waals surface area contributed by atoms with Crippen molar-refractivity contribution in [3.05, 3.63) is 63.6 Å². The summed E-state index contributed by atoms with van der Waals surface area (Å²) < 4.78 is 5.53. The molecule has 0 saturated heterocycles. The summed E-state index contributed by atoms with van der Waals surface area (Å²) in [5, 5.41) is 5.49. The van der Waals surface area contributed by atoms with E-state index in [1.54, 1.807) is 48.5 Å². The Labute approximate surface area is 180 Å². The Balaban J connectivity index is 1.64. The second-order valence-electron chi connectivity index (χ2n) is 5.90. The Morgan fingerprint density at radius 2 is 1.62 bits per heavy atom. The van der Waals surface area contributed by atoms with Crippen molar-refractivity contribution >= 4 is 56.8 Å². The van der Waals surface area contributed by atoms with Gasteiger partial charge in [0.25, 0.3) is 5.91 Å². The van der Waals surface area contributed by atoms with Crippen molar-refractivity contribution in [1.29, 1.82) is 0 Å². The van der Waals surface area contributed by atoms with Gasteiger partial charge in [0.15, 0.2) is 12.4 Å². The molecular formula is C20H18BrClN2O5. The van der Waals surface area contributed by atoms with Gasteiger partial charge in [-0.15, -0.1) is 0 Å². The van der Waals surface area contributed by atoms with E-state index >= 15 is 0 Å². The number of carbonyl (C=O) groups is 4. The number of amides is 2. The van der Waals surface area contributed by atoms with Crippen LogP contribution in [-0.4, -0.2) is 36.7 Å². The fraction of sp³-hybridized carbons (Fsp3) is 0.200. The van der Waals surface area contributed by atoms with Gasteiger partial charge in [-0.3, -0.25) is 19.2 Å². The van der Waals surface area contributed by atoms with Gasteiger partial charge in [-0.05, 0) is 52.3 Å². The van der Waals surface area contributed by atoms with Crippen LogP contribution >= 0.6 is 27.5 Å². The third-order valence-corrected chi connectivity index (χ3v) is 4.62. The Bertz CT molecular complexity index is 902. The van der Waals surface area contributed by atoms with E-state index in [-0.39, 0.29) is 25.2 Å². The minimum absolute atomic E-state index is 0.0452. The number of nitrogens with one attached hydrogen (secondary N) is 2. The normalized spacial score (nSPS) is 10.1. The number of Topliss-reactive ketones (excluding diaryl/α,β-unsaturated/α-hetero) is 1. The predicted octanol–water partition coefficient (Wildman–Crippen LogP) is 3.36. The molecule has 0 unspecified atom stereocenters. The first-order valence-electron chi connectivity index (χ1n) is 8.60. The van der Waals surface area contributed by atoms with Crippen LogP contribution in [0.2, 0.25) is 5.02 Å². The zero-order chi connectivity index (χ0) is 21.2. The summed E-state index contributed by atoms with van der Waals surface area (Å²) in [6.45, 7) is -0.803. The average molecular weight is 482 g/mol. The van der Waals surface area contributed by atoms with Crippen LogP contribution in [-0.2, 0) is 19.1 Å². The molecule has 29 heavy (non-hydrogen) atoms. The van der Waals surface area contributed by atoms with E-state index in [0.29, 0.717) is 20.7 Å². The van der Waals surface area contributed by atoms with Crippen LogP contribution in [0.1, 0.15) is 23.2 Å². The number of ether oxygens (including phenoxy) is 1. The summed E-state index contributed by atoms with van der Waals surface area (Å²) >= 11 is 9.06. The SMILES string of the molecule is O=C(COC(=O)CCC(=O)c1ccc(Cl)cc1)NCC(=O)Nc1ccccc1Br. The number of benzene rings is 2. The molecule has 2 rings (SSSR count). The molecule has 0 fully saturated rings. The number of hydrogen-bond acceptors (Lipinski definition) is 5. The number of esters is 1. The van der Waals surface area contributed by atoms with Crippen molar-refractivity contribution in [2.24, 2.45) is 0 Å². The largest absolute Gasteiger partial charge is 0.456 e. The zero-order valence-corrected chi connectivity index (χ0v) is 17.6. The Hall–Kier alpha value is -2.71. The van der Waals surface area contributed by atoms with Gasteiger partial charge in [-0.25, -0.2) is 0 Å². The lowest BCUT2D eigenvalue weighted by Gasteiger charge is -2.09. The molecule has 2 aromatic rings. The highest BCUT2D eigenvalue weighted by molar-refractivity contribution is 9.10. The molecule has 0 aliphatic heterocycles. The molecule has 2 N–H and O–H groups in total. The Morgan fingerprint density at radius 1 is 0.931 bits per heavy atom. The van der Waals surface area contributed by atoms with Crippen molar-refractivity contribution in [3.63, 3.8) is 0 Å². The average Bonchev–Trinajstić information content (AvgIpc) is 2.71.